The predicted octanol–water partition coefficient (Wildman–Crippen LogP) is 2.41. The van der Waals surface area contributed by atoms with Gasteiger partial charge in [0.25, 0.3) is 0 Å². The molecule has 2 N–H and O–H groups in total. The first-order valence-electron chi connectivity index (χ1n) is 8.11. The molecule has 0 radical (unpaired) electrons. The molecule has 0 bridgehead atoms. The molecule has 114 valence electrons. The smallest absolute Gasteiger partial charge is 0.0109 e. The Morgan fingerprint density at radius 2 is 1.74 bits per heavy atom. The van der Waals surface area contributed by atoms with Crippen molar-refractivity contribution in [2.75, 3.05) is 40.3 Å². The summed E-state index contributed by atoms with van der Waals surface area (Å²) in [4.78, 5) is 4.92. The second kappa shape index (κ2) is 8.93. The largest absolute Gasteiger partial charge is 0.327 e. The van der Waals surface area contributed by atoms with Gasteiger partial charge < -0.3 is 15.5 Å². The zero-order valence-corrected chi connectivity index (χ0v) is 13.6. The first-order valence-corrected chi connectivity index (χ1v) is 8.11. The Balaban J connectivity index is 2.48. The van der Waals surface area contributed by atoms with Gasteiger partial charge in [0.05, 0.1) is 0 Å². The van der Waals surface area contributed by atoms with Gasteiger partial charge in [-0.15, -0.1) is 0 Å². The third kappa shape index (κ3) is 7.28. The summed E-state index contributed by atoms with van der Waals surface area (Å²) in [5.74, 6) is 1.45. The van der Waals surface area contributed by atoms with E-state index in [1.807, 2.05) is 0 Å². The Morgan fingerprint density at radius 1 is 1.05 bits per heavy atom. The Hall–Kier alpha value is -0.120. The molecule has 1 saturated carbocycles. The van der Waals surface area contributed by atoms with Crippen molar-refractivity contribution < 1.29 is 0 Å². The van der Waals surface area contributed by atoms with Crippen LogP contribution in [-0.2, 0) is 0 Å². The molecule has 0 spiro atoms. The third-order valence-electron chi connectivity index (χ3n) is 4.20. The minimum Gasteiger partial charge on any atom is -0.327 e. The molecule has 0 amide bonds. The summed E-state index contributed by atoms with van der Waals surface area (Å²) in [7, 11) is 4.32. The fourth-order valence-electron chi connectivity index (χ4n) is 3.09. The van der Waals surface area contributed by atoms with Gasteiger partial charge in [-0.3, -0.25) is 0 Å². The number of hydrogen-bond acceptors (Lipinski definition) is 3. The van der Waals surface area contributed by atoms with Crippen LogP contribution < -0.4 is 5.73 Å². The second-order valence-corrected chi connectivity index (χ2v) is 7.02. The molecule has 0 aromatic carbocycles. The van der Waals surface area contributed by atoms with Crippen molar-refractivity contribution in [2.45, 2.75) is 52.0 Å². The van der Waals surface area contributed by atoms with Crippen LogP contribution in [0.2, 0.25) is 0 Å². The molecule has 19 heavy (non-hydrogen) atoms. The average molecular weight is 269 g/mol. The molecule has 1 fully saturated rings. The highest BCUT2D eigenvalue weighted by Gasteiger charge is 2.23. The number of hydrogen-bond donors (Lipinski definition) is 1. The van der Waals surface area contributed by atoms with Crippen molar-refractivity contribution in [2.24, 2.45) is 17.6 Å². The minimum atomic E-state index is 0.427. The lowest BCUT2D eigenvalue weighted by Crippen LogP contribution is -2.42. The fraction of sp³-hybridized carbons (Fsp3) is 1.00. The van der Waals surface area contributed by atoms with Crippen LogP contribution in [0.15, 0.2) is 0 Å². The van der Waals surface area contributed by atoms with Gasteiger partial charge in [0, 0.05) is 32.2 Å². The quantitative estimate of drug-likeness (QED) is 0.721. The summed E-state index contributed by atoms with van der Waals surface area (Å²) in [5, 5.41) is 0. The van der Waals surface area contributed by atoms with Crippen LogP contribution in [0.5, 0.6) is 0 Å². The first kappa shape index (κ1) is 16.9. The van der Waals surface area contributed by atoms with E-state index in [4.69, 9.17) is 5.73 Å². The number of likely N-dealkylation sites (N-methyl/N-ethyl adjacent to an activating group) is 1. The molecule has 3 heteroatoms. The van der Waals surface area contributed by atoms with Crippen molar-refractivity contribution in [3.8, 4) is 0 Å². The molecule has 0 aliphatic heterocycles. The van der Waals surface area contributed by atoms with Crippen LogP contribution in [0.25, 0.3) is 0 Å². The number of rotatable bonds is 7. The van der Waals surface area contributed by atoms with Gasteiger partial charge in [-0.2, -0.15) is 0 Å². The van der Waals surface area contributed by atoms with E-state index in [0.29, 0.717) is 12.0 Å². The maximum absolute atomic E-state index is 6.38. The van der Waals surface area contributed by atoms with Gasteiger partial charge in [-0.25, -0.2) is 0 Å². The van der Waals surface area contributed by atoms with Gasteiger partial charge in [-0.1, -0.05) is 33.1 Å². The van der Waals surface area contributed by atoms with Crippen LogP contribution in [0.3, 0.4) is 0 Å². The molecule has 0 aromatic rings. The Kier molecular flexibility index (Phi) is 7.96. The first-order chi connectivity index (χ1) is 8.99. The Labute approximate surface area is 120 Å². The van der Waals surface area contributed by atoms with Crippen LogP contribution >= 0.6 is 0 Å². The van der Waals surface area contributed by atoms with Crippen LogP contribution in [0.1, 0.15) is 46.0 Å². The maximum atomic E-state index is 6.38. The van der Waals surface area contributed by atoms with E-state index < -0.39 is 0 Å². The summed E-state index contributed by atoms with van der Waals surface area (Å²) < 4.78 is 0. The van der Waals surface area contributed by atoms with Gasteiger partial charge >= 0.3 is 0 Å². The zero-order valence-electron chi connectivity index (χ0n) is 13.6. The van der Waals surface area contributed by atoms with Gasteiger partial charge in [-0.05, 0) is 38.8 Å². The fourth-order valence-corrected chi connectivity index (χ4v) is 3.09. The topological polar surface area (TPSA) is 32.5 Å². The van der Waals surface area contributed by atoms with E-state index in [0.717, 1.165) is 12.5 Å². The van der Waals surface area contributed by atoms with E-state index in [1.165, 1.54) is 51.7 Å². The van der Waals surface area contributed by atoms with E-state index in [9.17, 15) is 0 Å². The zero-order chi connectivity index (χ0) is 14.3. The molecule has 0 aromatic heterocycles. The van der Waals surface area contributed by atoms with Crippen molar-refractivity contribution in [1.82, 2.24) is 9.80 Å². The van der Waals surface area contributed by atoms with E-state index >= 15 is 0 Å². The van der Waals surface area contributed by atoms with Gasteiger partial charge in [0.2, 0.25) is 0 Å². The Morgan fingerprint density at radius 3 is 2.37 bits per heavy atom. The van der Waals surface area contributed by atoms with Crippen molar-refractivity contribution >= 4 is 0 Å². The average Bonchev–Trinajstić information content (AvgIpc) is 2.51. The maximum Gasteiger partial charge on any atom is 0.0109 e. The molecule has 2 unspecified atom stereocenters. The second-order valence-electron chi connectivity index (χ2n) is 7.02. The Bertz CT molecular complexity index is 228. The molecular weight excluding hydrogens is 234 g/mol. The minimum absolute atomic E-state index is 0.427. The van der Waals surface area contributed by atoms with Crippen molar-refractivity contribution in [1.29, 1.82) is 0 Å². The number of nitrogens with zero attached hydrogens (tertiary/aromatic N) is 2. The summed E-state index contributed by atoms with van der Waals surface area (Å²) in [5.41, 5.74) is 6.38. The SMILES string of the molecule is CC(C)CN(CCN(C)C)CC1CCCCCC1N. The molecule has 3 nitrogen and oxygen atoms in total. The lowest BCUT2D eigenvalue weighted by atomic mass is 9.94. The molecule has 2 atom stereocenters. The van der Waals surface area contributed by atoms with E-state index in [-0.39, 0.29) is 0 Å². The molecule has 0 saturated heterocycles. The number of nitrogens with two attached hydrogens (primary N) is 1. The van der Waals surface area contributed by atoms with Crippen molar-refractivity contribution in [3.63, 3.8) is 0 Å². The molecule has 1 aliphatic carbocycles. The standard InChI is InChI=1S/C16H35N3/c1-14(2)12-19(11-10-18(3)4)13-15-8-6-5-7-9-16(15)17/h14-16H,5-13,17H2,1-4H3. The summed E-state index contributed by atoms with van der Waals surface area (Å²) in [6.07, 6.45) is 6.65. The van der Waals surface area contributed by atoms with Gasteiger partial charge in [0.15, 0.2) is 0 Å². The summed E-state index contributed by atoms with van der Waals surface area (Å²) >= 11 is 0. The van der Waals surface area contributed by atoms with Crippen molar-refractivity contribution in [3.05, 3.63) is 0 Å². The lowest BCUT2D eigenvalue weighted by molar-refractivity contribution is 0.174. The summed E-state index contributed by atoms with van der Waals surface area (Å²) in [6, 6.07) is 0.427. The van der Waals surface area contributed by atoms with Crippen LogP contribution in [0.4, 0.5) is 0 Å². The molecule has 0 heterocycles. The van der Waals surface area contributed by atoms with Gasteiger partial charge in [0.1, 0.15) is 0 Å². The van der Waals surface area contributed by atoms with Crippen LogP contribution in [-0.4, -0.2) is 56.1 Å². The van der Waals surface area contributed by atoms with E-state index in [1.54, 1.807) is 0 Å². The predicted molar refractivity (Wildman–Crippen MR) is 84.4 cm³/mol. The highest BCUT2D eigenvalue weighted by Crippen LogP contribution is 2.23. The van der Waals surface area contributed by atoms with Crippen LogP contribution in [0, 0.1) is 11.8 Å². The highest BCUT2D eigenvalue weighted by atomic mass is 15.2. The third-order valence-corrected chi connectivity index (χ3v) is 4.20. The van der Waals surface area contributed by atoms with E-state index in [2.05, 4.69) is 37.7 Å². The lowest BCUT2D eigenvalue weighted by Gasteiger charge is -2.31. The molecule has 1 aliphatic rings. The molecular formula is C16H35N3. The normalized spacial score (nSPS) is 25.3. The highest BCUT2D eigenvalue weighted by molar-refractivity contribution is 4.80. The monoisotopic (exact) mass is 269 g/mol. The summed E-state index contributed by atoms with van der Waals surface area (Å²) in [6.45, 7) is 9.36. The molecule has 1 rings (SSSR count).